The van der Waals surface area contributed by atoms with Crippen molar-refractivity contribution in [3.05, 3.63) is 33.8 Å². The van der Waals surface area contributed by atoms with E-state index in [-0.39, 0.29) is 23.1 Å². The normalized spacial score (nSPS) is 21.6. The zero-order valence-corrected chi connectivity index (χ0v) is 10.1. The zero-order valence-electron chi connectivity index (χ0n) is 8.52. The number of benzene rings is 1. The molecule has 1 aromatic rings. The van der Waals surface area contributed by atoms with Crippen molar-refractivity contribution >= 4 is 15.9 Å². The minimum atomic E-state index is -0.877. The van der Waals surface area contributed by atoms with Crippen LogP contribution in [0.15, 0.2) is 16.6 Å². The van der Waals surface area contributed by atoms with Crippen molar-refractivity contribution in [2.24, 2.45) is 0 Å². The fourth-order valence-electron chi connectivity index (χ4n) is 1.87. The van der Waals surface area contributed by atoms with Crippen LogP contribution in [0.4, 0.5) is 13.2 Å². The second-order valence-electron chi connectivity index (χ2n) is 3.94. The highest BCUT2D eigenvalue weighted by atomic mass is 79.9. The molecule has 0 spiro atoms. The molecule has 1 heterocycles. The van der Waals surface area contributed by atoms with Crippen LogP contribution in [0.1, 0.15) is 12.0 Å². The molecular formula is C11H11BrF3N. The number of hydrogen-bond acceptors (Lipinski definition) is 1. The number of hydrogen-bond donors (Lipinski definition) is 0. The fraction of sp³-hybridized carbons (Fsp3) is 0.455. The van der Waals surface area contributed by atoms with Crippen molar-refractivity contribution in [1.82, 2.24) is 4.90 Å². The van der Waals surface area contributed by atoms with Crippen LogP contribution in [0.5, 0.6) is 0 Å². The molecule has 16 heavy (non-hydrogen) atoms. The second kappa shape index (κ2) is 4.75. The van der Waals surface area contributed by atoms with Gasteiger partial charge < -0.3 is 0 Å². The molecule has 1 atom stereocenters. The Morgan fingerprint density at radius 3 is 2.75 bits per heavy atom. The first-order chi connectivity index (χ1) is 7.58. The molecule has 1 aliphatic rings. The van der Waals surface area contributed by atoms with Crippen LogP contribution in [0, 0.1) is 11.6 Å². The van der Waals surface area contributed by atoms with Gasteiger partial charge in [0, 0.05) is 25.2 Å². The standard InChI is InChI=1S/C11H11BrF3N/c12-9-1-2-10(14)8(11(9)15)6-16-4-3-7(13)5-16/h1-2,7H,3-6H2. The summed E-state index contributed by atoms with van der Waals surface area (Å²) in [6.07, 6.45) is -0.435. The van der Waals surface area contributed by atoms with Gasteiger partial charge >= 0.3 is 0 Å². The first kappa shape index (κ1) is 11.9. The van der Waals surface area contributed by atoms with Crippen molar-refractivity contribution in [1.29, 1.82) is 0 Å². The highest BCUT2D eigenvalue weighted by molar-refractivity contribution is 9.10. The summed E-state index contributed by atoms with van der Waals surface area (Å²) in [6, 6.07) is 2.54. The Hall–Kier alpha value is -0.550. The molecule has 1 aliphatic heterocycles. The summed E-state index contributed by atoms with van der Waals surface area (Å²) in [5.41, 5.74) is 0.00322. The molecule has 5 heteroatoms. The summed E-state index contributed by atoms with van der Waals surface area (Å²) in [7, 11) is 0. The topological polar surface area (TPSA) is 3.24 Å². The van der Waals surface area contributed by atoms with Gasteiger partial charge in [0.15, 0.2) is 0 Å². The minimum Gasteiger partial charge on any atom is -0.296 e. The quantitative estimate of drug-likeness (QED) is 0.757. The van der Waals surface area contributed by atoms with Gasteiger partial charge in [0.05, 0.1) is 4.47 Å². The van der Waals surface area contributed by atoms with Gasteiger partial charge in [-0.1, -0.05) is 0 Å². The lowest BCUT2D eigenvalue weighted by atomic mass is 10.2. The maximum atomic E-state index is 13.6. The lowest BCUT2D eigenvalue weighted by Crippen LogP contribution is -2.22. The smallest absolute Gasteiger partial charge is 0.144 e. The minimum absolute atomic E-state index is 0.00322. The van der Waals surface area contributed by atoms with E-state index in [1.165, 1.54) is 12.1 Å². The first-order valence-corrected chi connectivity index (χ1v) is 5.86. The maximum Gasteiger partial charge on any atom is 0.144 e. The highest BCUT2D eigenvalue weighted by Gasteiger charge is 2.24. The predicted octanol–water partition coefficient (Wildman–Crippen LogP) is 3.27. The summed E-state index contributed by atoms with van der Waals surface area (Å²) in [4.78, 5) is 1.72. The summed E-state index contributed by atoms with van der Waals surface area (Å²) in [6.45, 7) is 0.926. The monoisotopic (exact) mass is 293 g/mol. The molecule has 0 radical (unpaired) electrons. The van der Waals surface area contributed by atoms with E-state index in [2.05, 4.69) is 15.9 Å². The van der Waals surface area contributed by atoms with Crippen molar-refractivity contribution in [3.8, 4) is 0 Å². The molecule has 0 saturated carbocycles. The largest absolute Gasteiger partial charge is 0.296 e. The molecule has 0 amide bonds. The Morgan fingerprint density at radius 1 is 1.38 bits per heavy atom. The van der Waals surface area contributed by atoms with Crippen LogP contribution < -0.4 is 0 Å². The molecule has 1 nitrogen and oxygen atoms in total. The van der Waals surface area contributed by atoms with Gasteiger partial charge in [-0.05, 0) is 34.5 Å². The van der Waals surface area contributed by atoms with Gasteiger partial charge in [-0.2, -0.15) is 0 Å². The van der Waals surface area contributed by atoms with E-state index >= 15 is 0 Å². The van der Waals surface area contributed by atoms with Crippen molar-refractivity contribution < 1.29 is 13.2 Å². The van der Waals surface area contributed by atoms with Crippen molar-refractivity contribution in [3.63, 3.8) is 0 Å². The first-order valence-electron chi connectivity index (χ1n) is 5.06. The third-order valence-electron chi connectivity index (χ3n) is 2.74. The Morgan fingerprint density at radius 2 is 2.12 bits per heavy atom. The third-order valence-corrected chi connectivity index (χ3v) is 3.35. The second-order valence-corrected chi connectivity index (χ2v) is 4.80. The van der Waals surface area contributed by atoms with E-state index in [0.717, 1.165) is 0 Å². The Bertz CT molecular complexity index is 397. The van der Waals surface area contributed by atoms with E-state index in [9.17, 15) is 13.2 Å². The van der Waals surface area contributed by atoms with Gasteiger partial charge in [-0.25, -0.2) is 13.2 Å². The maximum absolute atomic E-state index is 13.6. The van der Waals surface area contributed by atoms with Gasteiger partial charge in [0.2, 0.25) is 0 Å². The summed E-state index contributed by atoms with van der Waals surface area (Å²) < 4.78 is 40.2. The molecule has 0 bridgehead atoms. The lowest BCUT2D eigenvalue weighted by molar-refractivity contribution is 0.276. The number of nitrogens with zero attached hydrogens (tertiary/aromatic N) is 1. The number of rotatable bonds is 2. The molecule has 0 aliphatic carbocycles. The molecular weight excluding hydrogens is 283 g/mol. The van der Waals surface area contributed by atoms with Gasteiger partial charge in [0.25, 0.3) is 0 Å². The third kappa shape index (κ3) is 2.40. The Labute approximate surface area is 100 Å². The predicted molar refractivity (Wildman–Crippen MR) is 58.8 cm³/mol. The van der Waals surface area contributed by atoms with Crippen LogP contribution in [0.2, 0.25) is 0 Å². The van der Waals surface area contributed by atoms with Crippen LogP contribution in [-0.2, 0) is 6.54 Å². The van der Waals surface area contributed by atoms with Gasteiger partial charge in [-0.3, -0.25) is 4.90 Å². The number of halogens is 4. The summed E-state index contributed by atoms with van der Waals surface area (Å²) in [5, 5.41) is 0. The average Bonchev–Trinajstić information content (AvgIpc) is 2.65. The van der Waals surface area contributed by atoms with Crippen LogP contribution in [0.25, 0.3) is 0 Å². The van der Waals surface area contributed by atoms with Gasteiger partial charge in [-0.15, -0.1) is 0 Å². The Kier molecular flexibility index (Phi) is 3.54. The molecule has 1 aromatic carbocycles. The van der Waals surface area contributed by atoms with E-state index in [4.69, 9.17) is 0 Å². The Balaban J connectivity index is 2.18. The van der Waals surface area contributed by atoms with Crippen molar-refractivity contribution in [2.75, 3.05) is 13.1 Å². The summed E-state index contributed by atoms with van der Waals surface area (Å²) in [5.74, 6) is -1.18. The number of alkyl halides is 1. The van der Waals surface area contributed by atoms with E-state index in [1.807, 2.05) is 0 Å². The van der Waals surface area contributed by atoms with Gasteiger partial charge in [0.1, 0.15) is 17.8 Å². The molecule has 1 saturated heterocycles. The molecule has 88 valence electrons. The summed E-state index contributed by atoms with van der Waals surface area (Å²) >= 11 is 3.01. The van der Waals surface area contributed by atoms with E-state index in [0.29, 0.717) is 13.0 Å². The SMILES string of the molecule is Fc1ccc(Br)c(F)c1CN1CCC(F)C1. The van der Waals surface area contributed by atoms with E-state index < -0.39 is 17.8 Å². The average molecular weight is 294 g/mol. The number of likely N-dealkylation sites (tertiary alicyclic amines) is 1. The fourth-order valence-corrected chi connectivity index (χ4v) is 2.24. The molecule has 1 fully saturated rings. The molecule has 0 N–H and O–H groups in total. The van der Waals surface area contributed by atoms with Crippen LogP contribution in [0.3, 0.4) is 0 Å². The zero-order chi connectivity index (χ0) is 11.7. The van der Waals surface area contributed by atoms with Crippen molar-refractivity contribution in [2.45, 2.75) is 19.1 Å². The van der Waals surface area contributed by atoms with E-state index in [1.54, 1.807) is 4.90 Å². The molecule has 2 rings (SSSR count). The van der Waals surface area contributed by atoms with Crippen LogP contribution >= 0.6 is 15.9 Å². The lowest BCUT2D eigenvalue weighted by Gasteiger charge is -2.16. The molecule has 1 unspecified atom stereocenters. The van der Waals surface area contributed by atoms with Crippen LogP contribution in [-0.4, -0.2) is 24.2 Å². The highest BCUT2D eigenvalue weighted by Crippen LogP contribution is 2.24. The molecule has 0 aromatic heterocycles.